The van der Waals surface area contributed by atoms with Crippen LogP contribution in [-0.2, 0) is 5.41 Å². The Morgan fingerprint density at radius 2 is 1.96 bits per heavy atom. The average Bonchev–Trinajstić information content (AvgIpc) is 2.55. The highest BCUT2D eigenvalue weighted by atomic mass is 16.6. The third-order valence-corrected chi connectivity index (χ3v) is 5.77. The fourth-order valence-corrected chi connectivity index (χ4v) is 4.06. The lowest BCUT2D eigenvalue weighted by Gasteiger charge is -2.58. The van der Waals surface area contributed by atoms with E-state index in [0.717, 1.165) is 11.6 Å². The van der Waals surface area contributed by atoms with Crippen molar-refractivity contribution < 1.29 is 9.53 Å². The smallest absolute Gasteiger partial charge is 0.410 e. The lowest BCUT2D eigenvalue weighted by atomic mass is 9.46. The Morgan fingerprint density at radius 1 is 1.21 bits per heavy atom. The lowest BCUT2D eigenvalue weighted by Crippen LogP contribution is -2.49. The Morgan fingerprint density at radius 3 is 2.58 bits per heavy atom. The Hall–Kier alpha value is -2.29. The second-order valence-corrected chi connectivity index (χ2v) is 7.55. The fraction of sp³-hybridized carbons (Fsp3) is 0.381. The van der Waals surface area contributed by atoms with Crippen LogP contribution >= 0.6 is 0 Å². The molecule has 3 heteroatoms. The molecule has 0 spiro atoms. The molecule has 1 saturated carbocycles. The number of nitrogens with one attached hydrogen (secondary N) is 1. The molecular weight excluding hydrogens is 298 g/mol. The minimum atomic E-state index is -0.443. The number of carbonyl (C=O) groups excluding carboxylic acids is 1. The Bertz CT molecular complexity index is 794. The highest BCUT2D eigenvalue weighted by Crippen LogP contribution is 2.64. The second-order valence-electron chi connectivity index (χ2n) is 7.55. The largest absolute Gasteiger partial charge is 0.417 e. The highest BCUT2D eigenvalue weighted by molar-refractivity contribution is 5.86. The normalized spacial score (nSPS) is 23.6. The van der Waals surface area contributed by atoms with Crippen molar-refractivity contribution in [3.05, 3.63) is 59.2 Å². The number of fused-ring (bicyclic) bond motifs is 4. The molecule has 4 rings (SSSR count). The Labute approximate surface area is 143 Å². The molecule has 2 atom stereocenters. The molecule has 0 heterocycles. The van der Waals surface area contributed by atoms with Gasteiger partial charge in [-0.2, -0.15) is 0 Å². The molecule has 2 aliphatic rings. The summed E-state index contributed by atoms with van der Waals surface area (Å²) in [5.74, 6) is 1.82. The zero-order chi connectivity index (χ0) is 16.9. The molecule has 0 saturated heterocycles. The summed E-state index contributed by atoms with van der Waals surface area (Å²) in [5.41, 5.74) is 5.10. The standard InChI is InChI=1S/C21H23NO2/c1-13(2)14-4-6-15(7-5-14)22-20(23)24-16-8-9-17-18-10-11-21(18,3)19(17)12-16/h4-9,12-13,18H,10-11H2,1-3H3,(H,22,23)/t18?,21-/m1/s1. The van der Waals surface area contributed by atoms with Crippen LogP contribution in [0, 0.1) is 0 Å². The van der Waals surface area contributed by atoms with Gasteiger partial charge in [0, 0.05) is 5.69 Å². The number of ether oxygens (including phenoxy) is 1. The first-order valence-corrected chi connectivity index (χ1v) is 8.70. The first-order valence-electron chi connectivity index (χ1n) is 8.70. The molecule has 1 amide bonds. The topological polar surface area (TPSA) is 38.3 Å². The molecule has 2 aromatic rings. The minimum absolute atomic E-state index is 0.317. The van der Waals surface area contributed by atoms with Crippen molar-refractivity contribution >= 4 is 11.8 Å². The van der Waals surface area contributed by atoms with Gasteiger partial charge >= 0.3 is 6.09 Å². The van der Waals surface area contributed by atoms with Crippen LogP contribution in [-0.4, -0.2) is 6.09 Å². The summed E-state index contributed by atoms with van der Waals surface area (Å²) in [6, 6.07) is 13.9. The third-order valence-electron chi connectivity index (χ3n) is 5.77. The lowest BCUT2D eigenvalue weighted by molar-refractivity contribution is 0.165. The van der Waals surface area contributed by atoms with E-state index in [1.165, 1.54) is 29.5 Å². The van der Waals surface area contributed by atoms with Gasteiger partial charge in [0.05, 0.1) is 0 Å². The van der Waals surface area contributed by atoms with E-state index in [9.17, 15) is 4.79 Å². The average molecular weight is 321 g/mol. The molecule has 124 valence electrons. The summed E-state index contributed by atoms with van der Waals surface area (Å²) in [4.78, 5) is 12.1. The monoisotopic (exact) mass is 321 g/mol. The number of hydrogen-bond acceptors (Lipinski definition) is 2. The fourth-order valence-electron chi connectivity index (χ4n) is 4.06. The predicted octanol–water partition coefficient (Wildman–Crippen LogP) is 5.57. The summed E-state index contributed by atoms with van der Waals surface area (Å²) in [5, 5.41) is 2.79. The van der Waals surface area contributed by atoms with E-state index in [0.29, 0.717) is 17.1 Å². The van der Waals surface area contributed by atoms with E-state index < -0.39 is 6.09 Å². The van der Waals surface area contributed by atoms with Gasteiger partial charge in [-0.25, -0.2) is 4.79 Å². The highest BCUT2D eigenvalue weighted by Gasteiger charge is 2.54. The van der Waals surface area contributed by atoms with Crippen LogP contribution in [0.3, 0.4) is 0 Å². The zero-order valence-electron chi connectivity index (χ0n) is 14.4. The molecule has 24 heavy (non-hydrogen) atoms. The van der Waals surface area contributed by atoms with Crippen LogP contribution in [0.2, 0.25) is 0 Å². The first kappa shape index (κ1) is 15.3. The van der Waals surface area contributed by atoms with Crippen LogP contribution in [0.5, 0.6) is 5.75 Å². The van der Waals surface area contributed by atoms with Gasteiger partial charge in [0.15, 0.2) is 0 Å². The molecule has 2 aliphatic carbocycles. The van der Waals surface area contributed by atoms with Gasteiger partial charge < -0.3 is 4.74 Å². The SMILES string of the molecule is CC(C)c1ccc(NC(=O)Oc2ccc3c(c2)[C@]2(C)CCC32)cc1. The predicted molar refractivity (Wildman–Crippen MR) is 95.9 cm³/mol. The Balaban J connectivity index is 1.42. The molecule has 0 aliphatic heterocycles. The van der Waals surface area contributed by atoms with Crippen LogP contribution < -0.4 is 10.1 Å². The second kappa shape index (κ2) is 5.37. The van der Waals surface area contributed by atoms with Gasteiger partial charge in [-0.3, -0.25) is 5.32 Å². The van der Waals surface area contributed by atoms with Crippen molar-refractivity contribution in [1.82, 2.24) is 0 Å². The summed E-state index contributed by atoms with van der Waals surface area (Å²) in [7, 11) is 0. The molecule has 3 nitrogen and oxygen atoms in total. The molecule has 2 aromatic carbocycles. The number of anilines is 1. The minimum Gasteiger partial charge on any atom is -0.410 e. The van der Waals surface area contributed by atoms with Crippen LogP contribution in [0.15, 0.2) is 42.5 Å². The third kappa shape index (κ3) is 2.31. The first-order chi connectivity index (χ1) is 11.5. The van der Waals surface area contributed by atoms with E-state index in [4.69, 9.17) is 4.74 Å². The van der Waals surface area contributed by atoms with Crippen molar-refractivity contribution in [3.63, 3.8) is 0 Å². The van der Waals surface area contributed by atoms with E-state index in [1.54, 1.807) is 0 Å². The Kier molecular flexibility index (Phi) is 3.41. The van der Waals surface area contributed by atoms with Crippen LogP contribution in [0.25, 0.3) is 0 Å². The van der Waals surface area contributed by atoms with Gasteiger partial charge in [0.25, 0.3) is 0 Å². The van der Waals surface area contributed by atoms with Crippen molar-refractivity contribution in [2.24, 2.45) is 0 Å². The van der Waals surface area contributed by atoms with Crippen molar-refractivity contribution in [2.45, 2.75) is 50.9 Å². The number of benzene rings is 2. The summed E-state index contributed by atoms with van der Waals surface area (Å²) < 4.78 is 5.47. The van der Waals surface area contributed by atoms with E-state index in [2.05, 4.69) is 32.2 Å². The van der Waals surface area contributed by atoms with Crippen molar-refractivity contribution in [3.8, 4) is 5.75 Å². The quantitative estimate of drug-likeness (QED) is 0.802. The molecule has 1 N–H and O–H groups in total. The summed E-state index contributed by atoms with van der Waals surface area (Å²) in [6.07, 6.45) is 2.08. The molecule has 0 bridgehead atoms. The molecular formula is C21H23NO2. The van der Waals surface area contributed by atoms with Crippen molar-refractivity contribution in [1.29, 1.82) is 0 Å². The summed E-state index contributed by atoms with van der Waals surface area (Å²) >= 11 is 0. The maximum absolute atomic E-state index is 12.1. The van der Waals surface area contributed by atoms with Crippen LogP contribution in [0.4, 0.5) is 10.5 Å². The van der Waals surface area contributed by atoms with E-state index in [-0.39, 0.29) is 0 Å². The van der Waals surface area contributed by atoms with Gasteiger partial charge in [-0.05, 0) is 71.0 Å². The molecule has 1 fully saturated rings. The molecule has 0 aromatic heterocycles. The molecule has 0 radical (unpaired) electrons. The van der Waals surface area contributed by atoms with Crippen molar-refractivity contribution in [2.75, 3.05) is 5.32 Å². The van der Waals surface area contributed by atoms with E-state index >= 15 is 0 Å². The number of rotatable bonds is 3. The van der Waals surface area contributed by atoms with Gasteiger partial charge in [-0.1, -0.05) is 39.0 Å². The van der Waals surface area contributed by atoms with Crippen LogP contribution in [0.1, 0.15) is 62.1 Å². The molecule has 1 unspecified atom stereocenters. The number of amides is 1. The zero-order valence-corrected chi connectivity index (χ0v) is 14.4. The van der Waals surface area contributed by atoms with Gasteiger partial charge in [0.2, 0.25) is 0 Å². The maximum Gasteiger partial charge on any atom is 0.417 e. The van der Waals surface area contributed by atoms with Gasteiger partial charge in [-0.15, -0.1) is 0 Å². The summed E-state index contributed by atoms with van der Waals surface area (Å²) in [6.45, 7) is 6.61. The maximum atomic E-state index is 12.1. The number of carbonyl (C=O) groups is 1. The van der Waals surface area contributed by atoms with Gasteiger partial charge in [0.1, 0.15) is 5.75 Å². The number of hydrogen-bond donors (Lipinski definition) is 1. The van der Waals surface area contributed by atoms with E-state index in [1.807, 2.05) is 36.4 Å².